The van der Waals surface area contributed by atoms with Crippen LogP contribution in [-0.4, -0.2) is 35.3 Å². The number of aromatic nitrogens is 1. The molecule has 5 nitrogen and oxygen atoms in total. The first-order valence-corrected chi connectivity index (χ1v) is 8.77. The predicted octanol–water partition coefficient (Wildman–Crippen LogP) is 2.97. The molecule has 0 radical (unpaired) electrons. The van der Waals surface area contributed by atoms with Crippen molar-refractivity contribution >= 4 is 17.2 Å². The maximum absolute atomic E-state index is 12.4. The number of hydrogen-bond acceptors (Lipinski definition) is 5. The number of aryl methyl sites for hydroxylation is 1. The van der Waals surface area contributed by atoms with E-state index < -0.39 is 5.60 Å². The number of hydrogen-bond donors (Lipinski definition) is 2. The molecule has 0 saturated heterocycles. The Morgan fingerprint density at radius 3 is 2.64 bits per heavy atom. The molecule has 0 spiro atoms. The van der Waals surface area contributed by atoms with Crippen molar-refractivity contribution in [1.29, 1.82) is 0 Å². The number of thiazole rings is 1. The minimum Gasteiger partial charge on any atom is -0.388 e. The van der Waals surface area contributed by atoms with Crippen molar-refractivity contribution in [3.05, 3.63) is 15.6 Å². The van der Waals surface area contributed by atoms with Gasteiger partial charge in [-0.15, -0.1) is 11.3 Å². The highest BCUT2D eigenvalue weighted by Crippen LogP contribution is 2.28. The monoisotopic (exact) mass is 326 g/mol. The summed E-state index contributed by atoms with van der Waals surface area (Å²) in [5.74, 6) is -0.151. The Kier molecular flexibility index (Phi) is 5.94. The third-order valence-electron chi connectivity index (χ3n) is 4.33. The second-order valence-corrected chi connectivity index (χ2v) is 7.20. The van der Waals surface area contributed by atoms with Crippen molar-refractivity contribution in [3.8, 4) is 0 Å². The van der Waals surface area contributed by atoms with Gasteiger partial charge in [0.25, 0.3) is 5.91 Å². The zero-order valence-electron chi connectivity index (χ0n) is 13.6. The molecule has 1 unspecified atom stereocenters. The van der Waals surface area contributed by atoms with Crippen molar-refractivity contribution < 1.29 is 14.6 Å². The van der Waals surface area contributed by atoms with Crippen molar-refractivity contribution in [1.82, 2.24) is 10.3 Å². The largest absolute Gasteiger partial charge is 0.388 e. The lowest BCUT2D eigenvalue weighted by Gasteiger charge is -2.26. The molecular weight excluding hydrogens is 300 g/mol. The van der Waals surface area contributed by atoms with Crippen LogP contribution in [0.1, 0.15) is 71.9 Å². The average molecular weight is 326 g/mol. The van der Waals surface area contributed by atoms with Gasteiger partial charge in [0.05, 0.1) is 11.3 Å². The Bertz CT molecular complexity index is 507. The van der Waals surface area contributed by atoms with Crippen LogP contribution in [0.3, 0.4) is 0 Å². The van der Waals surface area contributed by atoms with Gasteiger partial charge in [0.1, 0.15) is 16.0 Å². The smallest absolute Gasteiger partial charge is 0.263 e. The normalized spacial score (nSPS) is 19.5. The fourth-order valence-electron chi connectivity index (χ4n) is 2.79. The summed E-state index contributed by atoms with van der Waals surface area (Å²) in [5.41, 5.74) is -0.0396. The van der Waals surface area contributed by atoms with Gasteiger partial charge in [-0.05, 0) is 26.7 Å². The number of carbonyl (C=O) groups is 1. The Morgan fingerprint density at radius 2 is 2.05 bits per heavy atom. The molecule has 1 amide bonds. The highest BCUT2D eigenvalue weighted by Gasteiger charge is 2.29. The molecule has 6 heteroatoms. The number of nitrogens with one attached hydrogen (secondary N) is 1. The van der Waals surface area contributed by atoms with Crippen LogP contribution in [0, 0.1) is 6.92 Å². The van der Waals surface area contributed by atoms with Crippen molar-refractivity contribution in [2.45, 2.75) is 64.1 Å². The lowest BCUT2D eigenvalue weighted by molar-refractivity contribution is 0.0247. The van der Waals surface area contributed by atoms with E-state index in [1.807, 2.05) is 13.8 Å². The second-order valence-electron chi connectivity index (χ2n) is 6.17. The Labute approximate surface area is 136 Å². The van der Waals surface area contributed by atoms with Gasteiger partial charge in [-0.3, -0.25) is 4.79 Å². The van der Waals surface area contributed by atoms with E-state index in [4.69, 9.17) is 4.74 Å². The van der Waals surface area contributed by atoms with E-state index in [-0.39, 0.29) is 12.0 Å². The number of amides is 1. The summed E-state index contributed by atoms with van der Waals surface area (Å²) in [5, 5.41) is 14.3. The average Bonchev–Trinajstić information content (AvgIpc) is 2.76. The summed E-state index contributed by atoms with van der Waals surface area (Å²) in [6, 6.07) is 0. The Hall–Kier alpha value is -0.980. The maximum atomic E-state index is 12.4. The van der Waals surface area contributed by atoms with Gasteiger partial charge < -0.3 is 15.2 Å². The molecule has 0 aromatic carbocycles. The molecule has 0 aliphatic heterocycles. The number of carbonyl (C=O) groups excluding carboxylic acids is 1. The van der Waals surface area contributed by atoms with Crippen LogP contribution < -0.4 is 5.32 Å². The summed E-state index contributed by atoms with van der Waals surface area (Å²) in [6.07, 6.45) is 5.81. The standard InChI is InChI=1S/C16H26N2O3S/c1-11-13(22-15(18-11)12(2)21-3)14(19)17-10-16(20)8-6-4-5-7-9-16/h12,20H,4-10H2,1-3H3,(H,17,19). The van der Waals surface area contributed by atoms with Gasteiger partial charge in [0.15, 0.2) is 0 Å². The number of nitrogens with zero attached hydrogens (tertiary/aromatic N) is 1. The summed E-state index contributed by atoms with van der Waals surface area (Å²) in [6.45, 7) is 4.06. The molecule has 1 heterocycles. The van der Waals surface area contributed by atoms with E-state index in [9.17, 15) is 9.90 Å². The first-order chi connectivity index (χ1) is 10.4. The minimum atomic E-state index is -0.757. The van der Waals surface area contributed by atoms with Gasteiger partial charge in [-0.2, -0.15) is 0 Å². The van der Waals surface area contributed by atoms with E-state index in [1.165, 1.54) is 24.2 Å². The predicted molar refractivity (Wildman–Crippen MR) is 87.3 cm³/mol. The zero-order valence-corrected chi connectivity index (χ0v) is 14.5. The third-order valence-corrected chi connectivity index (χ3v) is 5.65. The van der Waals surface area contributed by atoms with Crippen LogP contribution in [0.5, 0.6) is 0 Å². The second kappa shape index (κ2) is 7.53. The van der Waals surface area contributed by atoms with Crippen LogP contribution in [0.25, 0.3) is 0 Å². The SMILES string of the molecule is COC(C)c1nc(C)c(C(=O)NCC2(O)CCCCCC2)s1. The molecule has 2 N–H and O–H groups in total. The molecule has 1 aliphatic rings. The van der Waals surface area contributed by atoms with E-state index in [0.717, 1.165) is 30.7 Å². The molecule has 22 heavy (non-hydrogen) atoms. The maximum Gasteiger partial charge on any atom is 0.263 e. The quantitative estimate of drug-likeness (QED) is 0.816. The number of rotatable bonds is 5. The molecule has 1 saturated carbocycles. The topological polar surface area (TPSA) is 71.5 Å². The molecule has 2 rings (SSSR count). The van der Waals surface area contributed by atoms with E-state index in [2.05, 4.69) is 10.3 Å². The van der Waals surface area contributed by atoms with E-state index >= 15 is 0 Å². The van der Waals surface area contributed by atoms with Crippen LogP contribution in [0.4, 0.5) is 0 Å². The molecule has 1 atom stereocenters. The summed E-state index contributed by atoms with van der Waals surface area (Å²) in [4.78, 5) is 17.4. The third kappa shape index (κ3) is 4.27. The minimum absolute atomic E-state index is 0.115. The fraction of sp³-hybridized carbons (Fsp3) is 0.750. The van der Waals surface area contributed by atoms with Crippen molar-refractivity contribution in [2.75, 3.05) is 13.7 Å². The van der Waals surface area contributed by atoms with Gasteiger partial charge in [0.2, 0.25) is 0 Å². The van der Waals surface area contributed by atoms with Gasteiger partial charge >= 0.3 is 0 Å². The fourth-order valence-corrected chi connectivity index (χ4v) is 3.80. The van der Waals surface area contributed by atoms with Gasteiger partial charge in [0, 0.05) is 13.7 Å². The molecule has 1 aromatic heterocycles. The first kappa shape index (κ1) is 17.4. The molecule has 1 aromatic rings. The molecule has 1 fully saturated rings. The number of aliphatic hydroxyl groups is 1. The van der Waals surface area contributed by atoms with Crippen LogP contribution in [-0.2, 0) is 4.74 Å². The van der Waals surface area contributed by atoms with Gasteiger partial charge in [-0.25, -0.2) is 4.98 Å². The lowest BCUT2D eigenvalue weighted by atomic mass is 9.94. The molecule has 124 valence electrons. The lowest BCUT2D eigenvalue weighted by Crippen LogP contribution is -2.42. The first-order valence-electron chi connectivity index (χ1n) is 7.96. The highest BCUT2D eigenvalue weighted by molar-refractivity contribution is 7.13. The summed E-state index contributed by atoms with van der Waals surface area (Å²) >= 11 is 1.36. The molecule has 1 aliphatic carbocycles. The summed E-state index contributed by atoms with van der Waals surface area (Å²) in [7, 11) is 1.63. The highest BCUT2D eigenvalue weighted by atomic mass is 32.1. The van der Waals surface area contributed by atoms with E-state index in [0.29, 0.717) is 17.1 Å². The van der Waals surface area contributed by atoms with Crippen molar-refractivity contribution in [2.24, 2.45) is 0 Å². The van der Waals surface area contributed by atoms with Crippen LogP contribution >= 0.6 is 11.3 Å². The molecular formula is C16H26N2O3S. The van der Waals surface area contributed by atoms with Gasteiger partial charge in [-0.1, -0.05) is 25.7 Å². The van der Waals surface area contributed by atoms with Crippen LogP contribution in [0.15, 0.2) is 0 Å². The number of ether oxygens (including phenoxy) is 1. The van der Waals surface area contributed by atoms with E-state index in [1.54, 1.807) is 7.11 Å². The Morgan fingerprint density at radius 1 is 1.41 bits per heavy atom. The zero-order chi connectivity index (χ0) is 16.2. The van der Waals surface area contributed by atoms with Crippen molar-refractivity contribution in [3.63, 3.8) is 0 Å². The Balaban J connectivity index is 1.98. The number of methoxy groups -OCH3 is 1. The summed E-state index contributed by atoms with van der Waals surface area (Å²) < 4.78 is 5.25. The van der Waals surface area contributed by atoms with Crippen LogP contribution in [0.2, 0.25) is 0 Å². The molecule has 0 bridgehead atoms.